The van der Waals surface area contributed by atoms with Crippen molar-refractivity contribution < 1.29 is 15.0 Å². The third-order valence-corrected chi connectivity index (χ3v) is 1.50. The van der Waals surface area contributed by atoms with Gasteiger partial charge in [0, 0.05) is 6.08 Å². The van der Waals surface area contributed by atoms with Crippen LogP contribution < -0.4 is 0 Å². The van der Waals surface area contributed by atoms with Crippen molar-refractivity contribution in [2.75, 3.05) is 0 Å². The number of unbranched alkanes of at least 4 members (excludes halogenated alkanes) is 2. The highest BCUT2D eigenvalue weighted by molar-refractivity contribution is 5.79. The molecule has 3 nitrogen and oxygen atoms in total. The van der Waals surface area contributed by atoms with E-state index in [4.69, 9.17) is 10.2 Å². The zero-order valence-electron chi connectivity index (χ0n) is 7.36. The Morgan fingerprint density at radius 3 is 2.67 bits per heavy atom. The molecule has 0 heterocycles. The maximum absolute atomic E-state index is 10.0. The molecule has 0 rings (SSSR count). The molecule has 12 heavy (non-hydrogen) atoms. The molecule has 0 saturated heterocycles. The van der Waals surface area contributed by atoms with Crippen molar-refractivity contribution in [3.63, 3.8) is 0 Å². The molecule has 0 aliphatic heterocycles. The van der Waals surface area contributed by atoms with Gasteiger partial charge in [-0.15, -0.1) is 0 Å². The third kappa shape index (κ3) is 9.17. The number of aliphatic hydroxyl groups excluding tert-OH is 1. The predicted octanol–water partition coefficient (Wildman–Crippen LogP) is 1.57. The van der Waals surface area contributed by atoms with Gasteiger partial charge in [-0.1, -0.05) is 12.5 Å². The van der Waals surface area contributed by atoms with Crippen LogP contribution in [0.5, 0.6) is 0 Å². The van der Waals surface area contributed by atoms with Gasteiger partial charge >= 0.3 is 5.97 Å². The number of carboxylic acids is 1. The Kier molecular flexibility index (Phi) is 6.38. The molecule has 1 atom stereocenters. The van der Waals surface area contributed by atoms with Crippen LogP contribution >= 0.6 is 0 Å². The Morgan fingerprint density at radius 1 is 1.50 bits per heavy atom. The minimum absolute atomic E-state index is 0.242. The molecule has 0 unspecified atom stereocenters. The largest absolute Gasteiger partial charge is 0.478 e. The van der Waals surface area contributed by atoms with E-state index in [0.29, 0.717) is 0 Å². The van der Waals surface area contributed by atoms with E-state index < -0.39 is 5.97 Å². The van der Waals surface area contributed by atoms with Gasteiger partial charge in [-0.05, 0) is 26.2 Å². The number of hydrogen-bond acceptors (Lipinski definition) is 2. The number of rotatable bonds is 6. The molecule has 0 aromatic carbocycles. The topological polar surface area (TPSA) is 57.5 Å². The zero-order chi connectivity index (χ0) is 9.40. The molecule has 0 aliphatic carbocycles. The molecule has 0 amide bonds. The van der Waals surface area contributed by atoms with Gasteiger partial charge < -0.3 is 10.2 Å². The van der Waals surface area contributed by atoms with Crippen LogP contribution in [-0.2, 0) is 4.79 Å². The summed E-state index contributed by atoms with van der Waals surface area (Å²) in [6.07, 6.45) is 6.01. The van der Waals surface area contributed by atoms with E-state index in [1.165, 1.54) is 0 Å². The minimum atomic E-state index is -0.898. The van der Waals surface area contributed by atoms with Crippen LogP contribution in [0.25, 0.3) is 0 Å². The van der Waals surface area contributed by atoms with Crippen LogP contribution in [-0.4, -0.2) is 22.3 Å². The number of carboxylic acid groups (broad SMARTS) is 1. The third-order valence-electron chi connectivity index (χ3n) is 1.50. The van der Waals surface area contributed by atoms with Crippen LogP contribution in [0, 0.1) is 0 Å². The molecule has 0 spiro atoms. The number of allylic oxidation sites excluding steroid dienone is 1. The summed E-state index contributed by atoms with van der Waals surface area (Å²) in [4.78, 5) is 10.0. The summed E-state index contributed by atoms with van der Waals surface area (Å²) in [6, 6.07) is 0. The van der Waals surface area contributed by atoms with Gasteiger partial charge in [0.1, 0.15) is 0 Å². The molecule has 0 bridgehead atoms. The van der Waals surface area contributed by atoms with Crippen LogP contribution in [0.1, 0.15) is 32.6 Å². The molecule has 0 fully saturated rings. The highest BCUT2D eigenvalue weighted by Gasteiger charge is 1.93. The smallest absolute Gasteiger partial charge is 0.327 e. The molecule has 0 radical (unpaired) electrons. The molecule has 70 valence electrons. The first-order valence-electron chi connectivity index (χ1n) is 4.20. The number of aliphatic carboxylic acids is 1. The molecule has 2 N–H and O–H groups in total. The van der Waals surface area contributed by atoms with Crippen LogP contribution in [0.3, 0.4) is 0 Å². The maximum atomic E-state index is 10.0. The van der Waals surface area contributed by atoms with Crippen molar-refractivity contribution in [1.29, 1.82) is 0 Å². The lowest BCUT2D eigenvalue weighted by Crippen LogP contribution is -1.97. The highest BCUT2D eigenvalue weighted by Crippen LogP contribution is 2.03. The Bertz CT molecular complexity index is 150. The van der Waals surface area contributed by atoms with E-state index in [1.807, 2.05) is 0 Å². The lowest BCUT2D eigenvalue weighted by Gasteiger charge is -2.00. The normalized spacial score (nSPS) is 13.5. The average Bonchev–Trinajstić information content (AvgIpc) is 1.95. The fourth-order valence-corrected chi connectivity index (χ4v) is 0.886. The summed E-state index contributed by atoms with van der Waals surface area (Å²) in [6.45, 7) is 1.76. The lowest BCUT2D eigenvalue weighted by molar-refractivity contribution is -0.131. The molecule has 0 saturated carbocycles. The van der Waals surface area contributed by atoms with Gasteiger partial charge in [-0.3, -0.25) is 0 Å². The predicted molar refractivity (Wildman–Crippen MR) is 46.9 cm³/mol. The van der Waals surface area contributed by atoms with E-state index in [-0.39, 0.29) is 6.10 Å². The second kappa shape index (κ2) is 6.85. The maximum Gasteiger partial charge on any atom is 0.327 e. The summed E-state index contributed by atoms with van der Waals surface area (Å²) in [5.41, 5.74) is 0. The molecule has 3 heteroatoms. The first kappa shape index (κ1) is 11.2. The summed E-state index contributed by atoms with van der Waals surface area (Å²) < 4.78 is 0. The van der Waals surface area contributed by atoms with E-state index >= 15 is 0 Å². The first-order valence-corrected chi connectivity index (χ1v) is 4.20. The molecule has 0 aliphatic rings. The van der Waals surface area contributed by atoms with E-state index in [2.05, 4.69) is 0 Å². The first-order chi connectivity index (χ1) is 5.63. The van der Waals surface area contributed by atoms with Gasteiger partial charge in [-0.2, -0.15) is 0 Å². The fraction of sp³-hybridized carbons (Fsp3) is 0.667. The Hall–Kier alpha value is -0.830. The van der Waals surface area contributed by atoms with E-state index in [0.717, 1.165) is 31.8 Å². The van der Waals surface area contributed by atoms with Crippen molar-refractivity contribution in [3.8, 4) is 0 Å². The molecular weight excluding hydrogens is 156 g/mol. The van der Waals surface area contributed by atoms with Crippen molar-refractivity contribution in [2.24, 2.45) is 0 Å². The Morgan fingerprint density at radius 2 is 2.17 bits per heavy atom. The second-order valence-corrected chi connectivity index (χ2v) is 2.87. The number of aliphatic hydroxyl groups is 1. The molecule has 0 aromatic rings. The standard InChI is InChI=1S/C9H16O3/c1-8(10)6-4-2-3-5-7-9(11)12/h5,7-8,10H,2-4,6H2,1H3,(H,11,12)/b7-5+/t8-/m1/s1. The summed E-state index contributed by atoms with van der Waals surface area (Å²) in [5.74, 6) is -0.898. The fourth-order valence-electron chi connectivity index (χ4n) is 0.886. The van der Waals surface area contributed by atoms with Crippen molar-refractivity contribution in [1.82, 2.24) is 0 Å². The van der Waals surface area contributed by atoms with Crippen molar-refractivity contribution in [3.05, 3.63) is 12.2 Å². The van der Waals surface area contributed by atoms with Gasteiger partial charge in [0.05, 0.1) is 6.10 Å². The van der Waals surface area contributed by atoms with Gasteiger partial charge in [-0.25, -0.2) is 4.79 Å². The number of hydrogen-bond donors (Lipinski definition) is 2. The van der Waals surface area contributed by atoms with Crippen molar-refractivity contribution >= 4 is 5.97 Å². The van der Waals surface area contributed by atoms with E-state index in [1.54, 1.807) is 13.0 Å². The zero-order valence-corrected chi connectivity index (χ0v) is 7.36. The molecular formula is C9H16O3. The summed E-state index contributed by atoms with van der Waals surface area (Å²) >= 11 is 0. The summed E-state index contributed by atoms with van der Waals surface area (Å²) in [7, 11) is 0. The van der Waals surface area contributed by atoms with Crippen molar-refractivity contribution in [2.45, 2.75) is 38.7 Å². The quantitative estimate of drug-likeness (QED) is 0.472. The van der Waals surface area contributed by atoms with Gasteiger partial charge in [0.2, 0.25) is 0 Å². The monoisotopic (exact) mass is 172 g/mol. The Labute approximate surface area is 72.7 Å². The average molecular weight is 172 g/mol. The highest BCUT2D eigenvalue weighted by atomic mass is 16.4. The second-order valence-electron chi connectivity index (χ2n) is 2.87. The number of carbonyl (C=O) groups is 1. The molecule has 0 aromatic heterocycles. The lowest BCUT2D eigenvalue weighted by atomic mass is 10.1. The van der Waals surface area contributed by atoms with Gasteiger partial charge in [0.25, 0.3) is 0 Å². The van der Waals surface area contributed by atoms with Crippen LogP contribution in [0.4, 0.5) is 0 Å². The van der Waals surface area contributed by atoms with E-state index in [9.17, 15) is 4.79 Å². The van der Waals surface area contributed by atoms with Crippen LogP contribution in [0.2, 0.25) is 0 Å². The summed E-state index contributed by atoms with van der Waals surface area (Å²) in [5, 5.41) is 17.1. The van der Waals surface area contributed by atoms with Gasteiger partial charge in [0.15, 0.2) is 0 Å². The van der Waals surface area contributed by atoms with Crippen LogP contribution in [0.15, 0.2) is 12.2 Å². The SMILES string of the molecule is C[C@@H](O)CCCC/C=C/C(=O)O. The minimum Gasteiger partial charge on any atom is -0.478 e. The Balaban J connectivity index is 3.16.